The summed E-state index contributed by atoms with van der Waals surface area (Å²) in [6.45, 7) is 10.3. The smallest absolute Gasteiger partial charge is 0.258 e. The molecule has 1 aliphatic rings. The highest BCUT2D eigenvalue weighted by atomic mass is 32.2. The molecule has 0 saturated heterocycles. The summed E-state index contributed by atoms with van der Waals surface area (Å²) >= 11 is 0. The zero-order valence-corrected chi connectivity index (χ0v) is 23.3. The minimum atomic E-state index is -3.28. The molecule has 2 heterocycles. The number of hydrogen-bond acceptors (Lipinski definition) is 5. The van der Waals surface area contributed by atoms with E-state index >= 15 is 0 Å². The number of sulfone groups is 1. The molecule has 2 aromatic heterocycles. The predicted molar refractivity (Wildman–Crippen MR) is 155 cm³/mol. The van der Waals surface area contributed by atoms with Gasteiger partial charge in [-0.1, -0.05) is 63.8 Å². The van der Waals surface area contributed by atoms with Crippen molar-refractivity contribution in [3.05, 3.63) is 64.6 Å². The maximum atomic E-state index is 13.2. The second-order valence-corrected chi connectivity index (χ2v) is 13.5. The molecule has 38 heavy (non-hydrogen) atoms. The first kappa shape index (κ1) is 26.0. The normalized spacial score (nSPS) is 14.8. The molecule has 5 rings (SSSR count). The van der Waals surface area contributed by atoms with Gasteiger partial charge in [-0.25, -0.2) is 13.4 Å². The molecule has 0 radical (unpaired) electrons. The van der Waals surface area contributed by atoms with Gasteiger partial charge in [0, 0.05) is 28.9 Å². The zero-order chi connectivity index (χ0) is 27.2. The van der Waals surface area contributed by atoms with Gasteiger partial charge in [0.05, 0.1) is 27.1 Å². The Kier molecular flexibility index (Phi) is 6.56. The Labute approximate surface area is 223 Å². The number of fused-ring (bicyclic) bond motifs is 3. The van der Waals surface area contributed by atoms with Crippen LogP contribution in [0.3, 0.4) is 0 Å². The van der Waals surface area contributed by atoms with Crippen LogP contribution < -0.4 is 10.9 Å². The Morgan fingerprint density at radius 1 is 1.08 bits per heavy atom. The molecule has 7 heteroatoms. The van der Waals surface area contributed by atoms with Crippen LogP contribution in [0.25, 0.3) is 32.8 Å². The van der Waals surface area contributed by atoms with Crippen molar-refractivity contribution in [3.8, 4) is 23.0 Å². The summed E-state index contributed by atoms with van der Waals surface area (Å²) in [5.74, 6) is 7.74. The van der Waals surface area contributed by atoms with Crippen molar-refractivity contribution in [3.63, 3.8) is 0 Å². The highest BCUT2D eigenvalue weighted by Crippen LogP contribution is 2.35. The number of aromatic nitrogens is 2. The monoisotopic (exact) mass is 527 g/mol. The molecule has 196 valence electrons. The van der Waals surface area contributed by atoms with Crippen LogP contribution in [0.4, 0.5) is 5.82 Å². The molecule has 1 aliphatic carbocycles. The fourth-order valence-electron chi connectivity index (χ4n) is 4.25. The Bertz CT molecular complexity index is 1770. The van der Waals surface area contributed by atoms with Crippen LogP contribution in [-0.4, -0.2) is 30.2 Å². The Morgan fingerprint density at radius 2 is 1.76 bits per heavy atom. The lowest BCUT2D eigenvalue weighted by Crippen LogP contribution is -2.31. The molecule has 0 aliphatic heterocycles. The number of benzene rings is 2. The topological polar surface area (TPSA) is 91.9 Å². The van der Waals surface area contributed by atoms with Crippen molar-refractivity contribution in [1.29, 1.82) is 0 Å². The van der Waals surface area contributed by atoms with Crippen LogP contribution in [0.1, 0.15) is 53.0 Å². The second-order valence-electron chi connectivity index (χ2n) is 11.2. The number of nitrogens with one attached hydrogen (secondary N) is 2. The molecule has 6 nitrogen and oxygen atoms in total. The summed E-state index contributed by atoms with van der Waals surface area (Å²) in [6, 6.07) is 13.0. The molecule has 1 fully saturated rings. The minimum absolute atomic E-state index is 0.00770. The molecule has 0 spiro atoms. The van der Waals surface area contributed by atoms with Gasteiger partial charge < -0.3 is 10.3 Å². The van der Waals surface area contributed by atoms with Crippen LogP contribution >= 0.6 is 0 Å². The van der Waals surface area contributed by atoms with Crippen LogP contribution in [0, 0.1) is 23.2 Å². The van der Waals surface area contributed by atoms with E-state index in [4.69, 9.17) is 4.98 Å². The first-order valence-corrected chi connectivity index (χ1v) is 14.7. The van der Waals surface area contributed by atoms with Gasteiger partial charge in [-0.15, -0.1) is 0 Å². The van der Waals surface area contributed by atoms with Gasteiger partial charge in [0.15, 0.2) is 9.84 Å². The predicted octanol–water partition coefficient (Wildman–Crippen LogP) is 6.14. The number of anilines is 1. The van der Waals surface area contributed by atoms with E-state index in [1.807, 2.05) is 30.3 Å². The standard InChI is InChI=1S/C31H33N3O3S/c1-6-38(36,37)24-14-11-21(12-15-24)22-13-16-25-26(17-22)27-28(34-29(25)33-19(2)31(3,4)5)23(18-32-30(27)35)10-9-20-7-8-20/h11-20H,6-8H2,1-5H3,(H,32,35)(H,33,34). The Balaban J connectivity index is 1.73. The van der Waals surface area contributed by atoms with Crippen LogP contribution in [-0.2, 0) is 9.84 Å². The van der Waals surface area contributed by atoms with Gasteiger partial charge in [-0.3, -0.25) is 4.79 Å². The fraction of sp³-hybridized carbons (Fsp3) is 0.355. The van der Waals surface area contributed by atoms with E-state index in [-0.39, 0.29) is 22.8 Å². The summed E-state index contributed by atoms with van der Waals surface area (Å²) in [5.41, 5.74) is 2.82. The van der Waals surface area contributed by atoms with Crippen LogP contribution in [0.5, 0.6) is 0 Å². The SMILES string of the molecule is CCS(=O)(=O)c1ccc(-c2ccc3c(NC(C)C(C)(C)C)nc4c(C#CC5CC5)c[nH]c(=O)c4c3c2)cc1. The van der Waals surface area contributed by atoms with E-state index in [9.17, 15) is 13.2 Å². The van der Waals surface area contributed by atoms with E-state index in [0.29, 0.717) is 33.1 Å². The summed E-state index contributed by atoms with van der Waals surface area (Å²) in [5, 5.41) is 5.72. The van der Waals surface area contributed by atoms with Crippen molar-refractivity contribution in [2.45, 2.75) is 58.4 Å². The minimum Gasteiger partial charge on any atom is -0.367 e. The maximum absolute atomic E-state index is 13.2. The number of aromatic amines is 1. The average Bonchev–Trinajstić information content (AvgIpc) is 3.72. The third-order valence-electron chi connectivity index (χ3n) is 7.40. The summed E-state index contributed by atoms with van der Waals surface area (Å²) in [7, 11) is -3.28. The molecule has 1 unspecified atom stereocenters. The van der Waals surface area contributed by atoms with E-state index < -0.39 is 9.84 Å². The number of H-pyrrole nitrogens is 1. The van der Waals surface area contributed by atoms with Gasteiger partial charge in [0.1, 0.15) is 5.82 Å². The summed E-state index contributed by atoms with van der Waals surface area (Å²) in [6.07, 6.45) is 3.89. The van der Waals surface area contributed by atoms with Crippen molar-refractivity contribution in [2.75, 3.05) is 11.1 Å². The molecule has 2 aromatic carbocycles. The molecule has 0 amide bonds. The lowest BCUT2D eigenvalue weighted by atomic mass is 9.88. The first-order chi connectivity index (χ1) is 18.0. The van der Waals surface area contributed by atoms with Crippen molar-refractivity contribution in [1.82, 2.24) is 9.97 Å². The Morgan fingerprint density at radius 3 is 2.39 bits per heavy atom. The van der Waals surface area contributed by atoms with Gasteiger partial charge in [0.25, 0.3) is 5.56 Å². The van der Waals surface area contributed by atoms with Gasteiger partial charge in [-0.2, -0.15) is 0 Å². The van der Waals surface area contributed by atoms with E-state index in [2.05, 4.69) is 49.8 Å². The average molecular weight is 528 g/mol. The van der Waals surface area contributed by atoms with Gasteiger partial charge in [0.2, 0.25) is 0 Å². The summed E-state index contributed by atoms with van der Waals surface area (Å²) < 4.78 is 24.5. The van der Waals surface area contributed by atoms with Crippen molar-refractivity contribution >= 4 is 37.3 Å². The van der Waals surface area contributed by atoms with Crippen LogP contribution in [0.15, 0.2) is 58.4 Å². The molecular formula is C31H33N3O3S. The maximum Gasteiger partial charge on any atom is 0.258 e. The third-order valence-corrected chi connectivity index (χ3v) is 9.15. The highest BCUT2D eigenvalue weighted by Gasteiger charge is 2.23. The molecule has 4 aromatic rings. The molecule has 1 saturated carbocycles. The molecule has 2 N–H and O–H groups in total. The number of rotatable bonds is 5. The molecule has 0 bridgehead atoms. The van der Waals surface area contributed by atoms with E-state index in [1.165, 1.54) is 0 Å². The van der Waals surface area contributed by atoms with E-state index in [1.54, 1.807) is 25.3 Å². The van der Waals surface area contributed by atoms with Crippen molar-refractivity contribution < 1.29 is 8.42 Å². The lowest BCUT2D eigenvalue weighted by Gasteiger charge is -2.29. The largest absolute Gasteiger partial charge is 0.367 e. The summed E-state index contributed by atoms with van der Waals surface area (Å²) in [4.78, 5) is 21.3. The zero-order valence-electron chi connectivity index (χ0n) is 22.5. The lowest BCUT2D eigenvalue weighted by molar-refractivity contribution is 0.359. The van der Waals surface area contributed by atoms with E-state index in [0.717, 1.165) is 34.7 Å². The number of nitrogens with zero attached hydrogens (tertiary/aromatic N) is 1. The second kappa shape index (κ2) is 9.59. The van der Waals surface area contributed by atoms with Crippen LogP contribution in [0.2, 0.25) is 0 Å². The first-order valence-electron chi connectivity index (χ1n) is 13.1. The number of hydrogen-bond donors (Lipinski definition) is 2. The highest BCUT2D eigenvalue weighted by molar-refractivity contribution is 7.91. The number of pyridine rings is 2. The quantitative estimate of drug-likeness (QED) is 0.240. The van der Waals surface area contributed by atoms with Gasteiger partial charge >= 0.3 is 0 Å². The Hall–Kier alpha value is -3.63. The van der Waals surface area contributed by atoms with Crippen molar-refractivity contribution in [2.24, 2.45) is 11.3 Å². The fourth-order valence-corrected chi connectivity index (χ4v) is 5.14. The molecular weight excluding hydrogens is 494 g/mol. The molecule has 1 atom stereocenters. The third kappa shape index (κ3) is 5.06. The van der Waals surface area contributed by atoms with Gasteiger partial charge in [-0.05, 0) is 54.5 Å².